The summed E-state index contributed by atoms with van der Waals surface area (Å²) in [6, 6.07) is 4.17. The Balaban J connectivity index is 3.13. The first-order valence-electron chi connectivity index (χ1n) is 3.37. The van der Waals surface area contributed by atoms with Crippen LogP contribution < -0.4 is 5.73 Å². The molecule has 0 aromatic heterocycles. The van der Waals surface area contributed by atoms with Crippen LogP contribution in [0.4, 0.5) is 0 Å². The van der Waals surface area contributed by atoms with Gasteiger partial charge in [-0.2, -0.15) is 0 Å². The van der Waals surface area contributed by atoms with E-state index in [1.807, 2.05) is 0 Å². The minimum absolute atomic E-state index is 0.0104. The third-order valence-corrected chi connectivity index (χ3v) is 1.77. The Labute approximate surface area is 74.8 Å². The maximum absolute atomic E-state index is 11.1. The van der Waals surface area contributed by atoms with Gasteiger partial charge in [-0.1, -0.05) is 11.6 Å². The second-order valence-corrected chi connectivity index (χ2v) is 2.70. The molecule has 4 heteroatoms. The highest BCUT2D eigenvalue weighted by Crippen LogP contribution is 2.20. The van der Waals surface area contributed by atoms with Gasteiger partial charge in [-0.25, -0.2) is 0 Å². The molecular weight excluding hydrogens is 178 g/mol. The Hall–Kier alpha value is -1.06. The number of phenolic OH excluding ortho intramolecular Hbond substituents is 1. The van der Waals surface area contributed by atoms with Crippen molar-refractivity contribution in [3.05, 3.63) is 28.8 Å². The molecule has 1 aromatic rings. The van der Waals surface area contributed by atoms with Gasteiger partial charge in [-0.15, -0.1) is 0 Å². The first-order chi connectivity index (χ1) is 5.65. The van der Waals surface area contributed by atoms with E-state index in [0.717, 1.165) is 0 Å². The molecule has 0 aliphatic rings. The average molecular weight is 186 g/mol. The van der Waals surface area contributed by atoms with Crippen LogP contribution in [0.15, 0.2) is 18.2 Å². The van der Waals surface area contributed by atoms with Gasteiger partial charge in [-0.3, -0.25) is 4.79 Å². The summed E-state index contributed by atoms with van der Waals surface area (Å²) < 4.78 is 0. The maximum Gasteiger partial charge on any atom is 0.178 e. The molecule has 3 N–H and O–H groups in total. The molecule has 1 aromatic carbocycles. The predicted molar refractivity (Wildman–Crippen MR) is 46.5 cm³/mol. The summed E-state index contributed by atoms with van der Waals surface area (Å²) in [6.45, 7) is -0.108. The van der Waals surface area contributed by atoms with Gasteiger partial charge in [0, 0.05) is 5.56 Å². The minimum atomic E-state index is -0.282. The fourth-order valence-corrected chi connectivity index (χ4v) is 1.06. The summed E-state index contributed by atoms with van der Waals surface area (Å²) in [7, 11) is 0. The van der Waals surface area contributed by atoms with Gasteiger partial charge < -0.3 is 10.8 Å². The molecule has 0 aliphatic heterocycles. The van der Waals surface area contributed by atoms with Gasteiger partial charge in [0.05, 0.1) is 11.6 Å². The molecule has 0 radical (unpaired) electrons. The zero-order chi connectivity index (χ0) is 9.14. The number of ketones is 1. The van der Waals surface area contributed by atoms with Crippen molar-refractivity contribution >= 4 is 17.4 Å². The van der Waals surface area contributed by atoms with Gasteiger partial charge >= 0.3 is 0 Å². The van der Waals surface area contributed by atoms with Gasteiger partial charge in [0.2, 0.25) is 0 Å². The topological polar surface area (TPSA) is 63.3 Å². The molecule has 12 heavy (non-hydrogen) atoms. The Morgan fingerprint density at radius 2 is 2.25 bits per heavy atom. The van der Waals surface area contributed by atoms with Crippen molar-refractivity contribution in [3.8, 4) is 5.75 Å². The number of hydrogen-bond donors (Lipinski definition) is 2. The molecule has 0 fully saturated rings. The van der Waals surface area contributed by atoms with Gasteiger partial charge in [0.15, 0.2) is 5.78 Å². The zero-order valence-corrected chi connectivity index (χ0v) is 7.01. The third kappa shape index (κ3) is 1.75. The lowest BCUT2D eigenvalue weighted by Crippen LogP contribution is -2.13. The number of halogens is 1. The van der Waals surface area contributed by atoms with E-state index in [1.165, 1.54) is 18.2 Å². The largest absolute Gasteiger partial charge is 0.508 e. The standard InChI is InChI=1S/C8H8ClNO2/c9-7-2-1-5(11)3-6(7)8(12)4-10/h1-3,11H,4,10H2. The SMILES string of the molecule is NCC(=O)c1cc(O)ccc1Cl. The van der Waals surface area contributed by atoms with Gasteiger partial charge in [-0.05, 0) is 18.2 Å². The molecule has 0 amide bonds. The second kappa shape index (κ2) is 3.56. The fraction of sp³-hybridized carbons (Fsp3) is 0.125. The third-order valence-electron chi connectivity index (χ3n) is 1.44. The summed E-state index contributed by atoms with van der Waals surface area (Å²) in [6.07, 6.45) is 0. The highest BCUT2D eigenvalue weighted by molar-refractivity contribution is 6.34. The predicted octanol–water partition coefficient (Wildman–Crippen LogP) is 1.19. The lowest BCUT2D eigenvalue weighted by atomic mass is 10.1. The molecule has 0 spiro atoms. The molecule has 0 heterocycles. The van der Waals surface area contributed by atoms with Crippen LogP contribution in [0.5, 0.6) is 5.75 Å². The average Bonchev–Trinajstić information content (AvgIpc) is 2.08. The maximum atomic E-state index is 11.1. The lowest BCUT2D eigenvalue weighted by Gasteiger charge is -2.01. The van der Waals surface area contributed by atoms with Crippen molar-refractivity contribution in [3.63, 3.8) is 0 Å². The first-order valence-corrected chi connectivity index (χ1v) is 3.74. The molecule has 64 valence electrons. The first kappa shape index (κ1) is 9.03. The number of Topliss-reactive ketones (excluding diaryl/α,β-unsaturated/α-hetero) is 1. The fourth-order valence-electron chi connectivity index (χ4n) is 0.837. The molecule has 0 unspecified atom stereocenters. The number of rotatable bonds is 2. The quantitative estimate of drug-likeness (QED) is 0.681. The van der Waals surface area contributed by atoms with Crippen molar-refractivity contribution in [2.24, 2.45) is 5.73 Å². The summed E-state index contributed by atoms with van der Waals surface area (Å²) in [5, 5.41) is 9.34. The van der Waals surface area contributed by atoms with E-state index < -0.39 is 0 Å². The van der Waals surface area contributed by atoms with E-state index >= 15 is 0 Å². The number of hydrogen-bond acceptors (Lipinski definition) is 3. The second-order valence-electron chi connectivity index (χ2n) is 2.29. The van der Waals surface area contributed by atoms with Crippen molar-refractivity contribution in [1.29, 1.82) is 0 Å². The summed E-state index contributed by atoms with van der Waals surface area (Å²) >= 11 is 5.68. The minimum Gasteiger partial charge on any atom is -0.508 e. The highest BCUT2D eigenvalue weighted by atomic mass is 35.5. The highest BCUT2D eigenvalue weighted by Gasteiger charge is 2.08. The summed E-state index contributed by atoms with van der Waals surface area (Å²) in [5.41, 5.74) is 5.40. The molecule has 3 nitrogen and oxygen atoms in total. The molecule has 0 atom stereocenters. The Morgan fingerprint density at radius 3 is 2.83 bits per heavy atom. The Morgan fingerprint density at radius 1 is 1.58 bits per heavy atom. The van der Waals surface area contributed by atoms with Crippen LogP contribution in [0.3, 0.4) is 0 Å². The number of aromatic hydroxyl groups is 1. The Kier molecular flexibility index (Phi) is 2.68. The van der Waals surface area contributed by atoms with Crippen molar-refractivity contribution in [2.45, 2.75) is 0 Å². The molecular formula is C8H8ClNO2. The van der Waals surface area contributed by atoms with E-state index in [4.69, 9.17) is 22.4 Å². The molecule has 0 bridgehead atoms. The van der Waals surface area contributed by atoms with Crippen LogP contribution in [-0.2, 0) is 0 Å². The number of benzene rings is 1. The van der Waals surface area contributed by atoms with E-state index in [1.54, 1.807) is 0 Å². The van der Waals surface area contributed by atoms with Crippen LogP contribution in [0, 0.1) is 0 Å². The van der Waals surface area contributed by atoms with Crippen LogP contribution in [0.2, 0.25) is 5.02 Å². The van der Waals surface area contributed by atoms with E-state index in [0.29, 0.717) is 5.02 Å². The smallest absolute Gasteiger partial charge is 0.178 e. The molecule has 1 rings (SSSR count). The van der Waals surface area contributed by atoms with Crippen LogP contribution >= 0.6 is 11.6 Å². The Bertz CT molecular complexity index is 312. The number of carbonyl (C=O) groups excluding carboxylic acids is 1. The zero-order valence-electron chi connectivity index (χ0n) is 6.25. The number of nitrogens with two attached hydrogens (primary N) is 1. The molecule has 0 saturated heterocycles. The van der Waals surface area contributed by atoms with Crippen LogP contribution in [0.25, 0.3) is 0 Å². The van der Waals surface area contributed by atoms with Crippen LogP contribution in [0.1, 0.15) is 10.4 Å². The van der Waals surface area contributed by atoms with Crippen molar-refractivity contribution in [2.75, 3.05) is 6.54 Å². The molecule has 0 saturated carbocycles. The number of phenols is 1. The van der Waals surface area contributed by atoms with E-state index in [2.05, 4.69) is 0 Å². The molecule has 0 aliphatic carbocycles. The van der Waals surface area contributed by atoms with E-state index in [-0.39, 0.29) is 23.6 Å². The summed E-state index contributed by atoms with van der Waals surface area (Å²) in [4.78, 5) is 11.1. The van der Waals surface area contributed by atoms with E-state index in [9.17, 15) is 4.79 Å². The summed E-state index contributed by atoms with van der Waals surface area (Å²) in [5.74, 6) is -0.271. The van der Waals surface area contributed by atoms with Crippen molar-refractivity contribution in [1.82, 2.24) is 0 Å². The van der Waals surface area contributed by atoms with Crippen LogP contribution in [-0.4, -0.2) is 17.4 Å². The van der Waals surface area contributed by atoms with Gasteiger partial charge in [0.25, 0.3) is 0 Å². The lowest BCUT2D eigenvalue weighted by molar-refractivity contribution is 0.100. The number of carbonyl (C=O) groups is 1. The monoisotopic (exact) mass is 185 g/mol. The normalized spacial score (nSPS) is 9.83. The van der Waals surface area contributed by atoms with Crippen molar-refractivity contribution < 1.29 is 9.90 Å². The van der Waals surface area contributed by atoms with Gasteiger partial charge in [0.1, 0.15) is 5.75 Å².